The molecule has 3 aromatic rings. The van der Waals surface area contributed by atoms with Crippen LogP contribution in [0.5, 0.6) is 0 Å². The quantitative estimate of drug-likeness (QED) is 0.483. The zero-order valence-corrected chi connectivity index (χ0v) is 18.8. The summed E-state index contributed by atoms with van der Waals surface area (Å²) in [6.07, 6.45) is 4.48. The number of thiophene rings is 2. The molecule has 0 unspecified atom stereocenters. The number of nitrogens with zero attached hydrogens (tertiary/aromatic N) is 1. The first-order chi connectivity index (χ1) is 14.6. The maximum atomic E-state index is 13.5. The van der Waals surface area contributed by atoms with E-state index < -0.39 is 6.04 Å². The van der Waals surface area contributed by atoms with Crippen LogP contribution in [0.3, 0.4) is 0 Å². The molecule has 1 fully saturated rings. The van der Waals surface area contributed by atoms with Gasteiger partial charge in [-0.05, 0) is 53.9 Å². The molecule has 0 bridgehead atoms. The predicted molar refractivity (Wildman–Crippen MR) is 124 cm³/mol. The highest BCUT2D eigenvalue weighted by Gasteiger charge is 2.35. The topological polar surface area (TPSA) is 49.4 Å². The fourth-order valence-corrected chi connectivity index (χ4v) is 5.57. The van der Waals surface area contributed by atoms with Crippen molar-refractivity contribution in [1.82, 2.24) is 5.32 Å². The van der Waals surface area contributed by atoms with Gasteiger partial charge in [-0.3, -0.25) is 14.5 Å². The van der Waals surface area contributed by atoms with Gasteiger partial charge in [0.15, 0.2) is 0 Å². The molecule has 1 atom stereocenters. The molecule has 7 heteroatoms. The molecule has 0 saturated heterocycles. The number of amides is 2. The summed E-state index contributed by atoms with van der Waals surface area (Å²) in [6.45, 7) is 0. The van der Waals surface area contributed by atoms with E-state index >= 15 is 0 Å². The summed E-state index contributed by atoms with van der Waals surface area (Å²) in [5.41, 5.74) is 0.629. The second kappa shape index (κ2) is 9.77. The minimum atomic E-state index is -0.725. The van der Waals surface area contributed by atoms with Gasteiger partial charge in [0.1, 0.15) is 6.04 Å². The highest BCUT2D eigenvalue weighted by Crippen LogP contribution is 2.33. The summed E-state index contributed by atoms with van der Waals surface area (Å²) >= 11 is 9.27. The second-order valence-corrected chi connectivity index (χ2v) is 9.86. The van der Waals surface area contributed by atoms with E-state index in [0.29, 0.717) is 10.7 Å². The Hall–Kier alpha value is -2.15. The average molecular weight is 459 g/mol. The molecule has 2 heterocycles. The van der Waals surface area contributed by atoms with Crippen LogP contribution in [-0.2, 0) is 16.0 Å². The smallest absolute Gasteiger partial charge is 0.248 e. The van der Waals surface area contributed by atoms with E-state index in [2.05, 4.69) is 5.32 Å². The first kappa shape index (κ1) is 21.1. The molecule has 4 rings (SSSR count). The Labute approximate surface area is 189 Å². The lowest BCUT2D eigenvalue weighted by molar-refractivity contribution is -0.126. The van der Waals surface area contributed by atoms with E-state index in [1.807, 2.05) is 47.2 Å². The van der Waals surface area contributed by atoms with Crippen LogP contribution in [0.1, 0.15) is 41.5 Å². The van der Waals surface area contributed by atoms with Crippen molar-refractivity contribution in [2.24, 2.45) is 0 Å². The van der Waals surface area contributed by atoms with Crippen molar-refractivity contribution in [3.8, 4) is 0 Å². The first-order valence-corrected chi connectivity index (χ1v) is 12.2. The van der Waals surface area contributed by atoms with Crippen molar-refractivity contribution in [2.75, 3.05) is 4.90 Å². The normalized spacial score (nSPS) is 15.1. The number of anilines is 1. The molecule has 2 amide bonds. The Balaban J connectivity index is 1.71. The fourth-order valence-electron chi connectivity index (χ4n) is 3.88. The van der Waals surface area contributed by atoms with Gasteiger partial charge in [0.25, 0.3) is 0 Å². The van der Waals surface area contributed by atoms with E-state index in [9.17, 15) is 9.59 Å². The van der Waals surface area contributed by atoms with Crippen molar-refractivity contribution < 1.29 is 9.59 Å². The number of nitrogens with one attached hydrogen (secondary N) is 1. The Kier molecular flexibility index (Phi) is 6.87. The number of carbonyl (C=O) groups excluding carboxylic acids is 2. The van der Waals surface area contributed by atoms with Gasteiger partial charge < -0.3 is 5.32 Å². The van der Waals surface area contributed by atoms with Crippen LogP contribution in [-0.4, -0.2) is 17.9 Å². The lowest BCUT2D eigenvalue weighted by atomic mass is 10.1. The van der Waals surface area contributed by atoms with E-state index in [4.69, 9.17) is 11.6 Å². The lowest BCUT2D eigenvalue weighted by Crippen LogP contribution is -2.46. The summed E-state index contributed by atoms with van der Waals surface area (Å²) in [6, 6.07) is 14.3. The number of benzene rings is 1. The van der Waals surface area contributed by atoms with Crippen LogP contribution >= 0.6 is 34.3 Å². The average Bonchev–Trinajstić information content (AvgIpc) is 3.49. The number of hydrogen-bond donors (Lipinski definition) is 1. The molecule has 1 N–H and O–H groups in total. The maximum Gasteiger partial charge on any atom is 0.248 e. The Morgan fingerprint density at radius 3 is 2.50 bits per heavy atom. The number of hydrogen-bond acceptors (Lipinski definition) is 4. The van der Waals surface area contributed by atoms with Gasteiger partial charge in [-0.1, -0.05) is 42.6 Å². The summed E-state index contributed by atoms with van der Waals surface area (Å²) in [7, 11) is 0. The zero-order valence-electron chi connectivity index (χ0n) is 16.4. The molecular formula is C23H23ClN2O2S2. The van der Waals surface area contributed by atoms with Crippen LogP contribution < -0.4 is 10.2 Å². The van der Waals surface area contributed by atoms with Crippen molar-refractivity contribution in [3.63, 3.8) is 0 Å². The van der Waals surface area contributed by atoms with Gasteiger partial charge in [0, 0.05) is 26.5 Å². The van der Waals surface area contributed by atoms with Crippen molar-refractivity contribution in [3.05, 3.63) is 74.1 Å². The molecule has 0 radical (unpaired) electrons. The van der Waals surface area contributed by atoms with Crippen LogP contribution in [0.15, 0.2) is 59.3 Å². The molecule has 1 saturated carbocycles. The first-order valence-electron chi connectivity index (χ1n) is 10.1. The zero-order chi connectivity index (χ0) is 20.9. The van der Waals surface area contributed by atoms with Gasteiger partial charge in [-0.2, -0.15) is 0 Å². The molecule has 156 valence electrons. The van der Waals surface area contributed by atoms with Crippen LogP contribution in [0.2, 0.25) is 5.02 Å². The van der Waals surface area contributed by atoms with Crippen molar-refractivity contribution >= 4 is 51.8 Å². The third-order valence-corrected chi connectivity index (χ3v) is 7.32. The molecule has 1 aromatic carbocycles. The maximum absolute atomic E-state index is 13.5. The van der Waals surface area contributed by atoms with E-state index in [1.54, 1.807) is 17.0 Å². The Morgan fingerprint density at radius 2 is 1.83 bits per heavy atom. The highest BCUT2D eigenvalue weighted by molar-refractivity contribution is 7.10. The third-order valence-electron chi connectivity index (χ3n) is 5.28. The third kappa shape index (κ3) is 4.94. The van der Waals surface area contributed by atoms with Crippen molar-refractivity contribution in [2.45, 2.75) is 44.2 Å². The summed E-state index contributed by atoms with van der Waals surface area (Å²) in [5.74, 6) is -0.261. The summed E-state index contributed by atoms with van der Waals surface area (Å²) in [5, 5.41) is 7.61. The minimum absolute atomic E-state index is 0.125. The standard InChI is InChI=1S/C23H23ClN2O2S2/c24-16-6-3-9-18(14-16)26(21(27)15-19-10-4-12-29-19)22(20-11-5-13-30-20)23(28)25-17-7-1-2-8-17/h3-6,9-14,17,22H,1-2,7-8,15H2,(H,25,28)/t22-/m0/s1. The van der Waals surface area contributed by atoms with Crippen molar-refractivity contribution in [1.29, 1.82) is 0 Å². The van der Waals surface area contributed by atoms with Crippen LogP contribution in [0, 0.1) is 0 Å². The van der Waals surface area contributed by atoms with E-state index in [0.717, 1.165) is 35.4 Å². The van der Waals surface area contributed by atoms with Gasteiger partial charge >= 0.3 is 0 Å². The van der Waals surface area contributed by atoms with Crippen LogP contribution in [0.4, 0.5) is 5.69 Å². The lowest BCUT2D eigenvalue weighted by Gasteiger charge is -2.31. The second-order valence-electron chi connectivity index (χ2n) is 7.41. The van der Waals surface area contributed by atoms with Gasteiger partial charge in [-0.15, -0.1) is 22.7 Å². The van der Waals surface area contributed by atoms with Gasteiger partial charge in [0.05, 0.1) is 6.42 Å². The largest absolute Gasteiger partial charge is 0.351 e. The summed E-state index contributed by atoms with van der Waals surface area (Å²) < 4.78 is 0. The number of halogens is 1. The molecular weight excluding hydrogens is 436 g/mol. The van der Waals surface area contributed by atoms with Gasteiger partial charge in [-0.25, -0.2) is 0 Å². The summed E-state index contributed by atoms with van der Waals surface area (Å²) in [4.78, 5) is 30.4. The molecule has 1 aliphatic carbocycles. The minimum Gasteiger partial charge on any atom is -0.351 e. The molecule has 1 aliphatic rings. The molecule has 0 aliphatic heterocycles. The predicted octanol–water partition coefficient (Wildman–Crippen LogP) is 5.84. The Bertz CT molecular complexity index is 983. The SMILES string of the molecule is O=C(NC1CCCC1)[C@H](c1cccs1)N(C(=O)Cc1cccs1)c1cccc(Cl)c1. The van der Waals surface area contributed by atoms with E-state index in [1.165, 1.54) is 22.7 Å². The number of carbonyl (C=O) groups is 2. The number of rotatable bonds is 7. The van der Waals surface area contributed by atoms with Gasteiger partial charge in [0.2, 0.25) is 11.8 Å². The molecule has 0 spiro atoms. The van der Waals surface area contributed by atoms with E-state index in [-0.39, 0.29) is 24.3 Å². The fraction of sp³-hybridized carbons (Fsp3) is 0.304. The molecule has 2 aromatic heterocycles. The monoisotopic (exact) mass is 458 g/mol. The highest BCUT2D eigenvalue weighted by atomic mass is 35.5. The Morgan fingerprint density at radius 1 is 1.07 bits per heavy atom. The molecule has 30 heavy (non-hydrogen) atoms. The van der Waals surface area contributed by atoms with Crippen LogP contribution in [0.25, 0.3) is 0 Å². The molecule has 4 nitrogen and oxygen atoms in total.